The molecule has 1 heteroatoms. The summed E-state index contributed by atoms with van der Waals surface area (Å²) in [5.74, 6) is 1.09. The Labute approximate surface area is 74.1 Å². The van der Waals surface area contributed by atoms with Gasteiger partial charge in [0.2, 0.25) is 0 Å². The van der Waals surface area contributed by atoms with E-state index in [0.29, 0.717) is 0 Å². The normalized spacial score (nSPS) is 10.1. The Morgan fingerprint density at radius 2 is 2.33 bits per heavy atom. The van der Waals surface area contributed by atoms with Crippen molar-refractivity contribution in [1.82, 2.24) is 0 Å². The highest BCUT2D eigenvalue weighted by Crippen LogP contribution is 2.09. The average molecular weight is 164 g/mol. The Morgan fingerprint density at radius 1 is 1.50 bits per heavy atom. The monoisotopic (exact) mass is 164 g/mol. The lowest BCUT2D eigenvalue weighted by atomic mass is 10.1. The van der Waals surface area contributed by atoms with Gasteiger partial charge in [-0.15, -0.1) is 6.58 Å². The molecule has 0 saturated carbocycles. The number of unbranched alkanes of at least 4 members (excludes halogenated alkanes) is 1. The zero-order valence-corrected chi connectivity index (χ0v) is 7.68. The van der Waals surface area contributed by atoms with Crippen molar-refractivity contribution in [3.05, 3.63) is 36.3 Å². The van der Waals surface area contributed by atoms with E-state index in [4.69, 9.17) is 4.42 Å². The SMILES string of the molecule is C=C(C)CCCCc1ccco1. The summed E-state index contributed by atoms with van der Waals surface area (Å²) in [6.07, 6.45) is 6.34. The molecule has 0 atom stereocenters. The zero-order chi connectivity index (χ0) is 8.81. The number of allylic oxidation sites excluding steroid dienone is 1. The Kier molecular flexibility index (Phi) is 3.65. The second-order valence-corrected chi connectivity index (χ2v) is 3.24. The predicted octanol–water partition coefficient (Wildman–Crippen LogP) is 3.57. The summed E-state index contributed by atoms with van der Waals surface area (Å²) in [5.41, 5.74) is 1.27. The van der Waals surface area contributed by atoms with Crippen molar-refractivity contribution >= 4 is 0 Å². The smallest absolute Gasteiger partial charge is 0.103 e. The molecule has 0 aliphatic rings. The third kappa shape index (κ3) is 3.42. The first-order chi connectivity index (χ1) is 5.79. The maximum atomic E-state index is 5.22. The van der Waals surface area contributed by atoms with Gasteiger partial charge in [-0.25, -0.2) is 0 Å². The van der Waals surface area contributed by atoms with E-state index in [-0.39, 0.29) is 0 Å². The van der Waals surface area contributed by atoms with Crippen molar-refractivity contribution in [3.63, 3.8) is 0 Å². The van der Waals surface area contributed by atoms with Gasteiger partial charge in [-0.05, 0) is 38.3 Å². The lowest BCUT2D eigenvalue weighted by Gasteiger charge is -1.97. The largest absolute Gasteiger partial charge is 0.469 e. The van der Waals surface area contributed by atoms with Gasteiger partial charge in [0.25, 0.3) is 0 Å². The van der Waals surface area contributed by atoms with E-state index < -0.39 is 0 Å². The van der Waals surface area contributed by atoms with E-state index in [1.807, 2.05) is 12.1 Å². The first-order valence-electron chi connectivity index (χ1n) is 4.46. The summed E-state index contributed by atoms with van der Waals surface area (Å²) in [5, 5.41) is 0. The fourth-order valence-corrected chi connectivity index (χ4v) is 1.18. The number of aryl methyl sites for hydroxylation is 1. The van der Waals surface area contributed by atoms with Gasteiger partial charge >= 0.3 is 0 Å². The molecule has 0 aliphatic heterocycles. The van der Waals surface area contributed by atoms with Crippen molar-refractivity contribution < 1.29 is 4.42 Å². The molecule has 1 nitrogen and oxygen atoms in total. The molecule has 0 amide bonds. The van der Waals surface area contributed by atoms with Gasteiger partial charge < -0.3 is 4.42 Å². The number of furan rings is 1. The molecule has 1 rings (SSSR count). The van der Waals surface area contributed by atoms with Crippen LogP contribution >= 0.6 is 0 Å². The number of rotatable bonds is 5. The van der Waals surface area contributed by atoms with Crippen LogP contribution in [0.5, 0.6) is 0 Å². The maximum absolute atomic E-state index is 5.22. The molecule has 0 spiro atoms. The molecule has 0 fully saturated rings. The summed E-state index contributed by atoms with van der Waals surface area (Å²) in [6, 6.07) is 3.97. The molecule has 0 saturated heterocycles. The van der Waals surface area contributed by atoms with Gasteiger partial charge in [0.15, 0.2) is 0 Å². The van der Waals surface area contributed by atoms with Crippen molar-refractivity contribution in [2.45, 2.75) is 32.6 Å². The fraction of sp³-hybridized carbons (Fsp3) is 0.455. The Morgan fingerprint density at radius 3 is 2.92 bits per heavy atom. The molecule has 0 aliphatic carbocycles. The minimum absolute atomic E-state index is 1.06. The molecule has 1 heterocycles. The Bertz CT molecular complexity index is 221. The summed E-state index contributed by atoms with van der Waals surface area (Å²) < 4.78 is 5.22. The van der Waals surface area contributed by atoms with Crippen LogP contribution in [0.1, 0.15) is 31.9 Å². The van der Waals surface area contributed by atoms with E-state index in [1.165, 1.54) is 18.4 Å². The first kappa shape index (κ1) is 9.11. The summed E-state index contributed by atoms with van der Waals surface area (Å²) in [6.45, 7) is 5.94. The Hall–Kier alpha value is -0.980. The van der Waals surface area contributed by atoms with Crippen LogP contribution in [0.25, 0.3) is 0 Å². The topological polar surface area (TPSA) is 13.1 Å². The van der Waals surface area contributed by atoms with Crippen LogP contribution in [0.4, 0.5) is 0 Å². The van der Waals surface area contributed by atoms with E-state index in [2.05, 4.69) is 13.5 Å². The minimum Gasteiger partial charge on any atom is -0.469 e. The van der Waals surface area contributed by atoms with Crippen LogP contribution in [0.15, 0.2) is 35.0 Å². The second kappa shape index (κ2) is 4.81. The van der Waals surface area contributed by atoms with Gasteiger partial charge in [0.05, 0.1) is 6.26 Å². The van der Waals surface area contributed by atoms with E-state index in [9.17, 15) is 0 Å². The molecule has 1 aromatic rings. The molecule has 0 unspecified atom stereocenters. The van der Waals surface area contributed by atoms with Crippen molar-refractivity contribution in [2.24, 2.45) is 0 Å². The van der Waals surface area contributed by atoms with Gasteiger partial charge in [-0.1, -0.05) is 5.57 Å². The lowest BCUT2D eigenvalue weighted by molar-refractivity contribution is 0.498. The van der Waals surface area contributed by atoms with Crippen molar-refractivity contribution in [2.75, 3.05) is 0 Å². The average Bonchev–Trinajstić information content (AvgIpc) is 2.49. The predicted molar refractivity (Wildman–Crippen MR) is 51.1 cm³/mol. The van der Waals surface area contributed by atoms with Crippen LogP contribution < -0.4 is 0 Å². The van der Waals surface area contributed by atoms with Crippen molar-refractivity contribution in [1.29, 1.82) is 0 Å². The first-order valence-corrected chi connectivity index (χ1v) is 4.46. The van der Waals surface area contributed by atoms with Crippen LogP contribution in [0, 0.1) is 0 Å². The maximum Gasteiger partial charge on any atom is 0.103 e. The summed E-state index contributed by atoms with van der Waals surface area (Å²) >= 11 is 0. The molecular weight excluding hydrogens is 148 g/mol. The van der Waals surface area contributed by atoms with Gasteiger partial charge in [0, 0.05) is 6.42 Å². The highest BCUT2D eigenvalue weighted by Gasteiger charge is 1.94. The summed E-state index contributed by atoms with van der Waals surface area (Å²) in [7, 11) is 0. The molecule has 66 valence electrons. The number of hydrogen-bond acceptors (Lipinski definition) is 1. The molecule has 12 heavy (non-hydrogen) atoms. The standard InChI is InChI=1S/C11H16O/c1-10(2)6-3-4-7-11-8-5-9-12-11/h5,8-9H,1,3-4,6-7H2,2H3. The minimum atomic E-state index is 1.06. The Balaban J connectivity index is 2.07. The third-order valence-corrected chi connectivity index (χ3v) is 1.86. The zero-order valence-electron chi connectivity index (χ0n) is 7.68. The fourth-order valence-electron chi connectivity index (χ4n) is 1.18. The van der Waals surface area contributed by atoms with Crippen LogP contribution in [-0.4, -0.2) is 0 Å². The molecular formula is C11H16O. The quantitative estimate of drug-likeness (QED) is 0.479. The van der Waals surface area contributed by atoms with Crippen molar-refractivity contribution in [3.8, 4) is 0 Å². The van der Waals surface area contributed by atoms with E-state index in [0.717, 1.165) is 18.6 Å². The molecule has 1 aromatic heterocycles. The molecule has 0 aromatic carbocycles. The lowest BCUT2D eigenvalue weighted by Crippen LogP contribution is -1.83. The molecule has 0 N–H and O–H groups in total. The molecule has 0 radical (unpaired) electrons. The highest BCUT2D eigenvalue weighted by molar-refractivity contribution is 4.98. The van der Waals surface area contributed by atoms with E-state index >= 15 is 0 Å². The highest BCUT2D eigenvalue weighted by atomic mass is 16.3. The van der Waals surface area contributed by atoms with E-state index in [1.54, 1.807) is 6.26 Å². The van der Waals surface area contributed by atoms with Gasteiger partial charge in [0.1, 0.15) is 5.76 Å². The number of hydrogen-bond donors (Lipinski definition) is 0. The van der Waals surface area contributed by atoms with Crippen LogP contribution in [0.2, 0.25) is 0 Å². The third-order valence-electron chi connectivity index (χ3n) is 1.86. The van der Waals surface area contributed by atoms with Gasteiger partial charge in [-0.2, -0.15) is 0 Å². The molecule has 0 bridgehead atoms. The second-order valence-electron chi connectivity index (χ2n) is 3.24. The van der Waals surface area contributed by atoms with Crippen LogP contribution in [0.3, 0.4) is 0 Å². The van der Waals surface area contributed by atoms with Gasteiger partial charge in [-0.3, -0.25) is 0 Å². The summed E-state index contributed by atoms with van der Waals surface area (Å²) in [4.78, 5) is 0. The van der Waals surface area contributed by atoms with Crippen LogP contribution in [-0.2, 0) is 6.42 Å².